The lowest BCUT2D eigenvalue weighted by atomic mass is 9.78. The molecule has 4 bridgehead atoms. The number of Topliss-reactive ketones (excluding diaryl/α,β-unsaturated/α-hetero) is 2. The number of likely N-dealkylation sites (tertiary alicyclic amines) is 1. The second-order valence-corrected chi connectivity index (χ2v) is 23.7. The number of ketones is 2. The summed E-state index contributed by atoms with van der Waals surface area (Å²) in [5.74, 6) is -8.23. The van der Waals surface area contributed by atoms with E-state index in [1.165, 1.54) is 34.1 Å². The zero-order valence-corrected chi connectivity index (χ0v) is 50.4. The first kappa shape index (κ1) is 65.0. The number of likely N-dealkylation sites (N-methyl/N-ethyl adjacent to an activating group) is 1. The number of phenols is 2. The maximum absolute atomic E-state index is 14.9. The van der Waals surface area contributed by atoms with Crippen molar-refractivity contribution in [2.45, 2.75) is 143 Å². The van der Waals surface area contributed by atoms with Gasteiger partial charge in [0.05, 0.1) is 53.5 Å². The molecule has 4 aliphatic rings. The third-order valence-corrected chi connectivity index (χ3v) is 16.9. The quantitative estimate of drug-likeness (QED) is 0.0710. The van der Waals surface area contributed by atoms with E-state index in [0.717, 1.165) is 6.54 Å². The molecule has 0 saturated carbocycles. The van der Waals surface area contributed by atoms with Crippen molar-refractivity contribution < 1.29 is 77.1 Å². The van der Waals surface area contributed by atoms with E-state index in [-0.39, 0.29) is 90.8 Å². The predicted octanol–water partition coefficient (Wildman–Crippen LogP) is 5.39. The number of nitrogens with zero attached hydrogens (tertiary/aromatic N) is 4. The number of hydrogen-bond acceptors (Lipinski definition) is 20. The number of piperidine rings is 1. The van der Waals surface area contributed by atoms with Crippen LogP contribution < -0.4 is 26.1 Å². The Labute approximate surface area is 480 Å². The van der Waals surface area contributed by atoms with Crippen LogP contribution in [0.15, 0.2) is 46.1 Å². The van der Waals surface area contributed by atoms with Gasteiger partial charge in [0.25, 0.3) is 11.7 Å². The number of phenolic OH excluding ortho intramolecular Hbond substituents is 2. The highest BCUT2D eigenvalue weighted by Gasteiger charge is 2.51. The Bertz CT molecular complexity index is 2970. The maximum atomic E-state index is 14.9. The number of rotatable bonds is 18. The smallest absolute Gasteiger partial charge is 0.325 e. The van der Waals surface area contributed by atoms with Gasteiger partial charge in [0.1, 0.15) is 52.9 Å². The summed E-state index contributed by atoms with van der Waals surface area (Å²) < 4.78 is 47.6. The minimum absolute atomic E-state index is 0.0000253. The molecule has 0 radical (unpaired) electrons. The number of aliphatic hydroxyl groups is 1. The second-order valence-electron chi connectivity index (χ2n) is 22.9. The van der Waals surface area contributed by atoms with Gasteiger partial charge in [-0.15, -0.1) is 0 Å². The number of hydrogen-bond donors (Lipinski definition) is 5. The number of anilines is 1. The van der Waals surface area contributed by atoms with Gasteiger partial charge < -0.3 is 64.2 Å². The monoisotopic (exact) mass is 1160 g/mol. The van der Waals surface area contributed by atoms with Crippen LogP contribution in [0.3, 0.4) is 0 Å². The van der Waals surface area contributed by atoms with E-state index in [9.17, 15) is 48.7 Å². The molecule has 0 aromatic heterocycles. The van der Waals surface area contributed by atoms with Crippen molar-refractivity contribution in [3.05, 3.63) is 58.0 Å². The standard InChI is InChI=1S/C59H83N6O16P/c1-31(2)30-65-22-20-59(21-23-65)62-47-44-45-51(71)37(8)55-46(44)56(73)58(11,81-55)79-26-19-40(76-13)34(5)54(80-39(10)67)36(7)50(70)35(6)53(32(3)15-14-16-33(4)57(74)61-49(52(45)72)48(47)63-59)78-28-25-64(12)24-27-77-43(69)29-60-42(68)18-17-41(82-75)38(9)66/h14-16,19,26,31-32,34-36,40-41,50,53-54,62,70-72H,17-18,20-25,27-30H2,1-13H3,(H,60,68)/b15-14?,26-19?,33-16-,61-49?. The van der Waals surface area contributed by atoms with Crippen LogP contribution in [0.2, 0.25) is 0 Å². The van der Waals surface area contributed by atoms with Crippen molar-refractivity contribution in [1.82, 2.24) is 15.1 Å². The van der Waals surface area contributed by atoms with Crippen molar-refractivity contribution in [3.8, 4) is 17.2 Å². The number of benzene rings is 2. The molecule has 1 saturated heterocycles. The molecule has 4 aliphatic heterocycles. The Morgan fingerprint density at radius 3 is 2.27 bits per heavy atom. The molecular weight excluding hydrogens is 1080 g/mol. The summed E-state index contributed by atoms with van der Waals surface area (Å²) in [4.78, 5) is 92.1. The van der Waals surface area contributed by atoms with E-state index in [1.807, 2.05) is 24.8 Å². The van der Waals surface area contributed by atoms with Crippen LogP contribution in [0.4, 0.5) is 5.69 Å². The highest BCUT2D eigenvalue weighted by Crippen LogP contribution is 2.51. The molecule has 23 heteroatoms. The zero-order valence-electron chi connectivity index (χ0n) is 49.5. The van der Waals surface area contributed by atoms with Gasteiger partial charge in [-0.1, -0.05) is 59.8 Å². The van der Waals surface area contributed by atoms with Crippen LogP contribution in [0.1, 0.15) is 111 Å². The fourth-order valence-electron chi connectivity index (χ4n) is 11.2. The number of carbonyl (C=O) groups is 6. The number of aliphatic hydroxyl groups excluding tert-OH is 1. The Hall–Kier alpha value is -6.16. The number of methoxy groups -OCH3 is 1. The SMILES string of the molecule is COC1C=COC2(C)Oc3c(C)c(O)c4c(O)c(c5c(c4c3C2=O)NC2(CCN(CC(C)C)CC2)N=5)=NC(=O)/C(C)=C\C=CC(C)C(OCCN(C)CCOC(=O)CNC(=O)CCC(P=O)C(C)=O)C(C)C(O)C(C)C(OC(C)=O)C1C. The van der Waals surface area contributed by atoms with Gasteiger partial charge >= 0.3 is 17.7 Å². The molecule has 1 fully saturated rings. The molecule has 2 amide bonds. The van der Waals surface area contributed by atoms with Gasteiger partial charge in [-0.3, -0.25) is 38.3 Å². The van der Waals surface area contributed by atoms with Crippen molar-refractivity contribution in [1.29, 1.82) is 0 Å². The van der Waals surface area contributed by atoms with Gasteiger partial charge in [0.2, 0.25) is 5.91 Å². The fourth-order valence-corrected chi connectivity index (χ4v) is 11.6. The van der Waals surface area contributed by atoms with Crippen LogP contribution in [0.5, 0.6) is 17.2 Å². The van der Waals surface area contributed by atoms with Crippen LogP contribution in [-0.4, -0.2) is 169 Å². The Balaban J connectivity index is 1.34. The van der Waals surface area contributed by atoms with Crippen molar-refractivity contribution in [3.63, 3.8) is 0 Å². The predicted molar refractivity (Wildman–Crippen MR) is 304 cm³/mol. The first-order valence-electron chi connectivity index (χ1n) is 28.1. The van der Waals surface area contributed by atoms with Crippen LogP contribution in [-0.2, 0) is 52.2 Å². The lowest BCUT2D eigenvalue weighted by Gasteiger charge is -2.39. The number of fused-ring (bicyclic) bond motifs is 1. The van der Waals surface area contributed by atoms with Gasteiger partial charge in [-0.25, -0.2) is 4.99 Å². The highest BCUT2D eigenvalue weighted by molar-refractivity contribution is 7.26. The Morgan fingerprint density at radius 1 is 0.963 bits per heavy atom. The van der Waals surface area contributed by atoms with Crippen molar-refractivity contribution in [2.75, 3.05) is 72.0 Å². The van der Waals surface area contributed by atoms with Crippen LogP contribution >= 0.6 is 8.46 Å². The molecule has 10 unspecified atom stereocenters. The number of aromatic hydroxyl groups is 2. The molecule has 0 aliphatic carbocycles. The third-order valence-electron chi connectivity index (χ3n) is 16.1. The van der Waals surface area contributed by atoms with E-state index < -0.39 is 106 Å². The summed E-state index contributed by atoms with van der Waals surface area (Å²) in [5.41, 5.74) is -1.04. The molecule has 5 N–H and O–H groups in total. The molecule has 1 spiro atoms. The molecule has 22 nitrogen and oxygen atoms in total. The van der Waals surface area contributed by atoms with E-state index in [1.54, 1.807) is 53.0 Å². The summed E-state index contributed by atoms with van der Waals surface area (Å²) >= 11 is 0. The summed E-state index contributed by atoms with van der Waals surface area (Å²) in [5, 5.41) is 42.6. The number of carbonyl (C=O) groups excluding carboxylic acids is 6. The van der Waals surface area contributed by atoms with E-state index >= 15 is 0 Å². The van der Waals surface area contributed by atoms with Crippen molar-refractivity contribution >= 4 is 60.2 Å². The molecule has 4 heterocycles. The van der Waals surface area contributed by atoms with E-state index in [4.69, 9.17) is 33.4 Å². The largest absolute Gasteiger partial charge is 0.507 e. The molecular formula is C59H83N6O16P. The maximum Gasteiger partial charge on any atom is 0.325 e. The van der Waals surface area contributed by atoms with Gasteiger partial charge in [-0.05, 0) is 46.2 Å². The molecule has 82 heavy (non-hydrogen) atoms. The van der Waals surface area contributed by atoms with E-state index in [2.05, 4.69) is 34.4 Å². The number of esters is 2. The summed E-state index contributed by atoms with van der Waals surface area (Å²) in [7, 11) is 2.90. The van der Waals surface area contributed by atoms with E-state index in [0.29, 0.717) is 50.6 Å². The zero-order chi connectivity index (χ0) is 60.5. The average molecular weight is 1160 g/mol. The minimum Gasteiger partial charge on any atom is -0.507 e. The van der Waals surface area contributed by atoms with Crippen molar-refractivity contribution in [2.24, 2.45) is 39.6 Å². The molecule has 6 rings (SSSR count). The highest BCUT2D eigenvalue weighted by atomic mass is 31.1. The van der Waals surface area contributed by atoms with Gasteiger partial charge in [0, 0.05) is 113 Å². The van der Waals surface area contributed by atoms with Gasteiger partial charge in [0.15, 0.2) is 14.2 Å². The Kier molecular flexibility index (Phi) is 22.2. The first-order valence-corrected chi connectivity index (χ1v) is 29.0. The third kappa shape index (κ3) is 15.0. The molecule has 2 aromatic carbocycles. The molecule has 450 valence electrons. The van der Waals surface area contributed by atoms with Crippen LogP contribution in [0.25, 0.3) is 10.8 Å². The fraction of sp³-hybridized carbons (Fsp3) is 0.627. The summed E-state index contributed by atoms with van der Waals surface area (Å²) in [6.45, 7) is 21.5. The number of amides is 2. The van der Waals surface area contributed by atoms with Gasteiger partial charge in [-0.2, -0.15) is 0 Å². The topological polar surface area (TPSA) is 291 Å². The lowest BCUT2D eigenvalue weighted by Crippen LogP contribution is -2.47. The number of ether oxygens (including phenoxy) is 6. The first-order chi connectivity index (χ1) is 38.7. The normalized spacial score (nSPS) is 26.9. The Morgan fingerprint density at radius 2 is 1.63 bits per heavy atom. The minimum atomic E-state index is -2.00. The second kappa shape index (κ2) is 27.9. The summed E-state index contributed by atoms with van der Waals surface area (Å²) in [6, 6.07) is 0. The molecule has 2 aromatic rings. The molecule has 10 atom stereocenters. The average Bonchev–Trinajstić information content (AvgIpc) is 2.92. The number of nitrogens with one attached hydrogen (secondary N) is 2. The summed E-state index contributed by atoms with van der Waals surface area (Å²) in [6.07, 6.45) is 5.44. The van der Waals surface area contributed by atoms with Crippen LogP contribution in [0, 0.1) is 36.5 Å². The number of allylic oxidation sites excluding steroid dienone is 2. The lowest BCUT2D eigenvalue weighted by molar-refractivity contribution is -0.161.